The molecule has 0 saturated heterocycles. The summed E-state index contributed by atoms with van der Waals surface area (Å²) in [6.45, 7) is 9.31. The van der Waals surface area contributed by atoms with Crippen molar-refractivity contribution in [2.24, 2.45) is 17.8 Å². The van der Waals surface area contributed by atoms with Gasteiger partial charge in [0.05, 0.1) is 0 Å². The van der Waals surface area contributed by atoms with Gasteiger partial charge in [-0.15, -0.1) is 0 Å². The second kappa shape index (κ2) is 11.2. The van der Waals surface area contributed by atoms with E-state index in [1.165, 1.54) is 25.7 Å². The highest BCUT2D eigenvalue weighted by atomic mass is 19.1. The maximum absolute atomic E-state index is 13.7. The normalized spacial score (nSPS) is 35.8. The summed E-state index contributed by atoms with van der Waals surface area (Å²) in [6.07, 6.45) is 9.56. The number of hydrogen-bond donors (Lipinski definition) is 1. The molecule has 0 bridgehead atoms. The molecule has 2 unspecified atom stereocenters. The first kappa shape index (κ1) is 20.6. The SMILES string of the molecule is C=O.CC1CCCC(C2CCC(C)(F)CC2)C1.CCNC. The lowest BCUT2D eigenvalue weighted by Gasteiger charge is -2.38. The molecule has 0 spiro atoms. The van der Waals surface area contributed by atoms with Crippen LogP contribution in [0.25, 0.3) is 0 Å². The predicted molar refractivity (Wildman–Crippen MR) is 89.3 cm³/mol. The number of nitrogens with one attached hydrogen (secondary N) is 1. The summed E-state index contributed by atoms with van der Waals surface area (Å²) < 4.78 is 13.7. The lowest BCUT2D eigenvalue weighted by molar-refractivity contribution is -0.0979. The second-order valence-corrected chi connectivity index (χ2v) is 6.99. The largest absolute Gasteiger partial charge is 0.320 e. The summed E-state index contributed by atoms with van der Waals surface area (Å²) in [4.78, 5) is 8.00. The van der Waals surface area contributed by atoms with Crippen LogP contribution in [-0.4, -0.2) is 26.1 Å². The summed E-state index contributed by atoms with van der Waals surface area (Å²) in [6, 6.07) is 0. The quantitative estimate of drug-likeness (QED) is 0.796. The van der Waals surface area contributed by atoms with E-state index in [0.29, 0.717) is 0 Å². The molecule has 0 aromatic rings. The van der Waals surface area contributed by atoms with Crippen LogP contribution >= 0.6 is 0 Å². The molecule has 2 fully saturated rings. The Hall–Kier alpha value is -0.440. The third kappa shape index (κ3) is 8.55. The van der Waals surface area contributed by atoms with Crippen LogP contribution in [0.2, 0.25) is 0 Å². The number of hydrogen-bond acceptors (Lipinski definition) is 2. The molecular weight excluding hydrogens is 265 g/mol. The highest BCUT2D eigenvalue weighted by Crippen LogP contribution is 2.43. The van der Waals surface area contributed by atoms with Crippen LogP contribution < -0.4 is 5.32 Å². The smallest absolute Gasteiger partial charge is 0.108 e. The Bertz CT molecular complexity index is 246. The lowest BCUT2D eigenvalue weighted by atomic mass is 9.68. The summed E-state index contributed by atoms with van der Waals surface area (Å²) >= 11 is 0. The molecule has 0 aromatic carbocycles. The van der Waals surface area contributed by atoms with Crippen LogP contribution in [0.1, 0.15) is 72.1 Å². The minimum absolute atomic E-state index is 0.808. The van der Waals surface area contributed by atoms with E-state index < -0.39 is 5.67 Å². The fourth-order valence-electron chi connectivity index (χ4n) is 3.62. The molecule has 0 aromatic heterocycles. The number of carbonyl (C=O) groups excluding carboxylic acids is 1. The van der Waals surface area contributed by atoms with Crippen molar-refractivity contribution >= 4 is 6.79 Å². The molecule has 2 rings (SSSR count). The van der Waals surface area contributed by atoms with E-state index >= 15 is 0 Å². The standard InChI is InChI=1S/C14H25F.C3H9N.CH2O/c1-11-4-3-5-13(10-11)12-6-8-14(2,15)9-7-12;1-3-4-2;1-2/h11-13H,3-10H2,1-2H3;4H,3H2,1-2H3;1H2. The van der Waals surface area contributed by atoms with E-state index in [1.807, 2.05) is 13.8 Å². The van der Waals surface area contributed by atoms with Gasteiger partial charge < -0.3 is 10.1 Å². The van der Waals surface area contributed by atoms with Crippen LogP contribution in [0.3, 0.4) is 0 Å². The molecular formula is C18H36FNO. The Morgan fingerprint density at radius 3 is 2.10 bits per heavy atom. The summed E-state index contributed by atoms with van der Waals surface area (Å²) in [5.74, 6) is 2.68. The van der Waals surface area contributed by atoms with E-state index in [-0.39, 0.29) is 0 Å². The minimum atomic E-state index is -0.850. The van der Waals surface area contributed by atoms with Gasteiger partial charge in [0.25, 0.3) is 0 Å². The fourth-order valence-corrected chi connectivity index (χ4v) is 3.62. The van der Waals surface area contributed by atoms with E-state index in [9.17, 15) is 4.39 Å². The summed E-state index contributed by atoms with van der Waals surface area (Å²) in [5, 5.41) is 2.93. The van der Waals surface area contributed by atoms with Crippen molar-refractivity contribution in [2.75, 3.05) is 13.6 Å². The first-order chi connectivity index (χ1) is 9.98. The van der Waals surface area contributed by atoms with Crippen LogP contribution in [0, 0.1) is 17.8 Å². The molecule has 0 heterocycles. The molecule has 21 heavy (non-hydrogen) atoms. The Kier molecular flexibility index (Phi) is 10.9. The van der Waals surface area contributed by atoms with Crippen LogP contribution in [0.4, 0.5) is 4.39 Å². The molecule has 2 aliphatic rings. The van der Waals surface area contributed by atoms with Gasteiger partial charge in [-0.1, -0.05) is 33.1 Å². The number of rotatable bonds is 2. The topological polar surface area (TPSA) is 29.1 Å². The molecule has 0 aliphatic heterocycles. The number of alkyl halides is 1. The fraction of sp³-hybridized carbons (Fsp3) is 0.944. The van der Waals surface area contributed by atoms with Crippen molar-refractivity contribution in [2.45, 2.75) is 77.8 Å². The lowest BCUT2D eigenvalue weighted by Crippen LogP contribution is -2.31. The molecule has 2 aliphatic carbocycles. The average Bonchev–Trinajstić information content (AvgIpc) is 2.49. The highest BCUT2D eigenvalue weighted by molar-refractivity contribution is 5.11. The van der Waals surface area contributed by atoms with Gasteiger partial charge in [0.15, 0.2) is 0 Å². The molecule has 0 amide bonds. The van der Waals surface area contributed by atoms with E-state index in [0.717, 1.165) is 50.0 Å². The maximum atomic E-state index is 13.7. The van der Waals surface area contributed by atoms with Crippen molar-refractivity contribution in [3.63, 3.8) is 0 Å². The minimum Gasteiger partial charge on any atom is -0.320 e. The Labute approximate surface area is 131 Å². The van der Waals surface area contributed by atoms with Gasteiger partial charge in [-0.2, -0.15) is 0 Å². The van der Waals surface area contributed by atoms with E-state index in [1.54, 1.807) is 6.92 Å². The third-order valence-corrected chi connectivity index (χ3v) is 5.07. The van der Waals surface area contributed by atoms with Crippen molar-refractivity contribution in [3.05, 3.63) is 0 Å². The van der Waals surface area contributed by atoms with E-state index in [2.05, 4.69) is 19.2 Å². The third-order valence-electron chi connectivity index (χ3n) is 5.07. The van der Waals surface area contributed by atoms with Gasteiger partial charge in [-0.3, -0.25) is 0 Å². The van der Waals surface area contributed by atoms with Crippen molar-refractivity contribution in [3.8, 4) is 0 Å². The van der Waals surface area contributed by atoms with E-state index in [4.69, 9.17) is 4.79 Å². The molecule has 3 heteroatoms. The van der Waals surface area contributed by atoms with Crippen LogP contribution in [-0.2, 0) is 4.79 Å². The van der Waals surface area contributed by atoms with Crippen molar-refractivity contribution in [1.29, 1.82) is 0 Å². The first-order valence-electron chi connectivity index (χ1n) is 8.61. The van der Waals surface area contributed by atoms with Gasteiger partial charge in [-0.05, 0) is 70.4 Å². The monoisotopic (exact) mass is 301 g/mol. The van der Waals surface area contributed by atoms with Gasteiger partial charge in [-0.25, -0.2) is 4.39 Å². The van der Waals surface area contributed by atoms with Gasteiger partial charge in [0, 0.05) is 0 Å². The highest BCUT2D eigenvalue weighted by Gasteiger charge is 2.35. The van der Waals surface area contributed by atoms with Gasteiger partial charge >= 0.3 is 0 Å². The summed E-state index contributed by atoms with van der Waals surface area (Å²) in [7, 11) is 1.93. The van der Waals surface area contributed by atoms with Gasteiger partial charge in [0.1, 0.15) is 12.5 Å². The zero-order chi connectivity index (χ0) is 16.3. The maximum Gasteiger partial charge on any atom is 0.108 e. The first-order valence-corrected chi connectivity index (χ1v) is 8.61. The average molecular weight is 301 g/mol. The molecule has 2 atom stereocenters. The Balaban J connectivity index is 0.000000579. The zero-order valence-corrected chi connectivity index (χ0v) is 14.6. The zero-order valence-electron chi connectivity index (χ0n) is 14.6. The Morgan fingerprint density at radius 1 is 1.14 bits per heavy atom. The molecule has 1 N–H and O–H groups in total. The molecule has 2 saturated carbocycles. The van der Waals surface area contributed by atoms with Crippen molar-refractivity contribution in [1.82, 2.24) is 5.32 Å². The second-order valence-electron chi connectivity index (χ2n) is 6.99. The number of halogens is 1. The van der Waals surface area contributed by atoms with Crippen molar-refractivity contribution < 1.29 is 9.18 Å². The van der Waals surface area contributed by atoms with Crippen LogP contribution in [0.5, 0.6) is 0 Å². The van der Waals surface area contributed by atoms with Gasteiger partial charge in [0.2, 0.25) is 0 Å². The molecule has 2 nitrogen and oxygen atoms in total. The molecule has 0 radical (unpaired) electrons. The predicted octanol–water partition coefficient (Wildman–Crippen LogP) is 4.77. The molecule has 126 valence electrons. The number of carbonyl (C=O) groups is 1. The summed E-state index contributed by atoms with van der Waals surface area (Å²) in [5.41, 5.74) is -0.850. The van der Waals surface area contributed by atoms with Crippen LogP contribution in [0.15, 0.2) is 0 Å². The Morgan fingerprint density at radius 2 is 1.67 bits per heavy atom.